The molecule has 0 aliphatic carbocycles. The molecule has 1 aromatic heterocycles. The maximum Gasteiger partial charge on any atom is 0.252 e. The van der Waals surface area contributed by atoms with E-state index in [2.05, 4.69) is 15.6 Å². The summed E-state index contributed by atoms with van der Waals surface area (Å²) in [4.78, 5) is 15.7. The Bertz CT molecular complexity index is 560. The van der Waals surface area contributed by atoms with Crippen LogP contribution in [0.2, 0.25) is 5.02 Å². The van der Waals surface area contributed by atoms with Gasteiger partial charge in [-0.25, -0.2) is 13.4 Å². The van der Waals surface area contributed by atoms with Crippen LogP contribution in [0.1, 0.15) is 17.3 Å². The lowest BCUT2D eigenvalue weighted by atomic mass is 10.2. The number of pyridine rings is 1. The van der Waals surface area contributed by atoms with Gasteiger partial charge in [0.1, 0.15) is 5.82 Å². The number of carbonyl (C=O) groups excluding carboxylic acids is 1. The highest BCUT2D eigenvalue weighted by atomic mass is 35.5. The minimum atomic E-state index is -3.08. The highest BCUT2D eigenvalue weighted by Gasteiger charge is 2.11. The minimum Gasteiger partial charge on any atom is -0.372 e. The molecule has 0 saturated carbocycles. The molecule has 19 heavy (non-hydrogen) atoms. The highest BCUT2D eigenvalue weighted by molar-refractivity contribution is 7.91. The molecule has 0 radical (unpaired) electrons. The summed E-state index contributed by atoms with van der Waals surface area (Å²) < 4.78 is 22.5. The van der Waals surface area contributed by atoms with Crippen molar-refractivity contribution in [2.75, 3.05) is 30.4 Å². The van der Waals surface area contributed by atoms with Crippen molar-refractivity contribution < 1.29 is 13.2 Å². The van der Waals surface area contributed by atoms with Crippen LogP contribution in [0.5, 0.6) is 0 Å². The second-order valence-electron chi connectivity index (χ2n) is 3.80. The van der Waals surface area contributed by atoms with Gasteiger partial charge in [0.15, 0.2) is 9.84 Å². The average Bonchev–Trinajstić information content (AvgIpc) is 2.38. The molecule has 6 nitrogen and oxygen atoms in total. The minimum absolute atomic E-state index is 0.0626. The Morgan fingerprint density at radius 2 is 2.16 bits per heavy atom. The number of sulfone groups is 1. The highest BCUT2D eigenvalue weighted by Crippen LogP contribution is 2.19. The third-order valence-electron chi connectivity index (χ3n) is 2.48. The summed E-state index contributed by atoms with van der Waals surface area (Å²) in [5, 5.41) is 5.62. The maximum absolute atomic E-state index is 11.7. The van der Waals surface area contributed by atoms with Crippen molar-refractivity contribution in [1.29, 1.82) is 0 Å². The molecule has 0 aromatic carbocycles. The summed E-state index contributed by atoms with van der Waals surface area (Å²) in [6, 6.07) is 1.48. The summed E-state index contributed by atoms with van der Waals surface area (Å²) in [7, 11) is -1.41. The van der Waals surface area contributed by atoms with Crippen molar-refractivity contribution in [3.05, 3.63) is 22.8 Å². The van der Waals surface area contributed by atoms with Gasteiger partial charge in [0.2, 0.25) is 0 Å². The lowest BCUT2D eigenvalue weighted by Crippen LogP contribution is -2.29. The first-order valence-corrected chi connectivity index (χ1v) is 7.91. The van der Waals surface area contributed by atoms with Crippen LogP contribution >= 0.6 is 11.6 Å². The number of nitrogens with one attached hydrogen (secondary N) is 2. The summed E-state index contributed by atoms with van der Waals surface area (Å²) in [6.07, 6.45) is 1.38. The summed E-state index contributed by atoms with van der Waals surface area (Å²) >= 11 is 5.90. The van der Waals surface area contributed by atoms with E-state index in [0.717, 1.165) is 0 Å². The van der Waals surface area contributed by atoms with E-state index in [9.17, 15) is 13.2 Å². The predicted molar refractivity (Wildman–Crippen MR) is 75.5 cm³/mol. The molecular weight excluding hydrogens is 290 g/mol. The molecule has 0 fully saturated rings. The van der Waals surface area contributed by atoms with Crippen molar-refractivity contribution in [1.82, 2.24) is 10.3 Å². The standard InChI is InChI=1S/C11H16ClN3O3S/c1-3-19(17,18)5-4-14-11(16)8-6-9(12)10(13-2)15-7-8/h6-7H,3-5H2,1-2H3,(H,13,15)(H,14,16). The number of hydrogen-bond acceptors (Lipinski definition) is 5. The molecule has 0 atom stereocenters. The van der Waals surface area contributed by atoms with Crippen LogP contribution in [0.15, 0.2) is 12.3 Å². The molecule has 1 aromatic rings. The Labute approximate surface area is 117 Å². The Hall–Kier alpha value is -1.34. The van der Waals surface area contributed by atoms with Crippen LogP contribution in [0.25, 0.3) is 0 Å². The molecule has 1 heterocycles. The molecule has 0 bridgehead atoms. The van der Waals surface area contributed by atoms with Gasteiger partial charge in [-0.2, -0.15) is 0 Å². The van der Waals surface area contributed by atoms with Crippen LogP contribution in [0.4, 0.5) is 5.82 Å². The Morgan fingerprint density at radius 3 is 2.68 bits per heavy atom. The zero-order valence-corrected chi connectivity index (χ0v) is 12.3. The number of amides is 1. The van der Waals surface area contributed by atoms with E-state index in [0.29, 0.717) is 10.8 Å². The van der Waals surface area contributed by atoms with Gasteiger partial charge < -0.3 is 10.6 Å². The van der Waals surface area contributed by atoms with Gasteiger partial charge in [-0.1, -0.05) is 18.5 Å². The molecule has 1 amide bonds. The first kappa shape index (κ1) is 15.7. The quantitative estimate of drug-likeness (QED) is 0.816. The number of anilines is 1. The van der Waals surface area contributed by atoms with Gasteiger partial charge in [0.05, 0.1) is 16.3 Å². The second kappa shape index (κ2) is 6.72. The van der Waals surface area contributed by atoms with Crippen LogP contribution in [0.3, 0.4) is 0 Å². The van der Waals surface area contributed by atoms with E-state index in [4.69, 9.17) is 11.6 Å². The third-order valence-corrected chi connectivity index (χ3v) is 4.47. The molecule has 1 rings (SSSR count). The van der Waals surface area contributed by atoms with E-state index < -0.39 is 15.7 Å². The third kappa shape index (κ3) is 4.68. The van der Waals surface area contributed by atoms with E-state index in [-0.39, 0.29) is 23.6 Å². The smallest absolute Gasteiger partial charge is 0.252 e. The topological polar surface area (TPSA) is 88.2 Å². The van der Waals surface area contributed by atoms with E-state index in [1.54, 1.807) is 14.0 Å². The number of hydrogen-bond donors (Lipinski definition) is 2. The molecule has 106 valence electrons. The van der Waals surface area contributed by atoms with Crippen LogP contribution in [-0.2, 0) is 9.84 Å². The fourth-order valence-corrected chi connectivity index (χ4v) is 2.28. The number of halogens is 1. The monoisotopic (exact) mass is 305 g/mol. The van der Waals surface area contributed by atoms with Crippen molar-refractivity contribution >= 4 is 33.2 Å². The summed E-state index contributed by atoms with van der Waals surface area (Å²) in [5.41, 5.74) is 0.290. The summed E-state index contributed by atoms with van der Waals surface area (Å²) in [5.74, 6) is 0.0631. The van der Waals surface area contributed by atoms with Gasteiger partial charge in [-0.05, 0) is 6.07 Å². The molecule has 0 spiro atoms. The Kier molecular flexibility index (Phi) is 5.56. The molecule has 0 unspecified atom stereocenters. The van der Waals surface area contributed by atoms with Crippen molar-refractivity contribution in [2.24, 2.45) is 0 Å². The van der Waals surface area contributed by atoms with E-state index in [1.165, 1.54) is 12.3 Å². The van der Waals surface area contributed by atoms with Gasteiger partial charge in [0.25, 0.3) is 5.91 Å². The van der Waals surface area contributed by atoms with Gasteiger partial charge >= 0.3 is 0 Å². The molecule has 0 saturated heterocycles. The summed E-state index contributed by atoms with van der Waals surface area (Å²) in [6.45, 7) is 1.64. The normalized spacial score (nSPS) is 11.1. The van der Waals surface area contributed by atoms with Gasteiger partial charge in [-0.3, -0.25) is 4.79 Å². The van der Waals surface area contributed by atoms with Crippen LogP contribution < -0.4 is 10.6 Å². The largest absolute Gasteiger partial charge is 0.372 e. The molecular formula is C11H16ClN3O3S. The first-order valence-electron chi connectivity index (χ1n) is 5.71. The lowest BCUT2D eigenvalue weighted by molar-refractivity contribution is 0.0956. The fourth-order valence-electron chi connectivity index (χ4n) is 1.31. The lowest BCUT2D eigenvalue weighted by Gasteiger charge is -2.07. The fraction of sp³-hybridized carbons (Fsp3) is 0.455. The van der Waals surface area contributed by atoms with Crippen molar-refractivity contribution in [2.45, 2.75) is 6.92 Å². The van der Waals surface area contributed by atoms with Crippen molar-refractivity contribution in [3.8, 4) is 0 Å². The Morgan fingerprint density at radius 1 is 1.47 bits per heavy atom. The zero-order valence-electron chi connectivity index (χ0n) is 10.7. The molecule has 0 aliphatic rings. The molecule has 0 aliphatic heterocycles. The maximum atomic E-state index is 11.7. The van der Waals surface area contributed by atoms with Crippen LogP contribution in [0, 0.1) is 0 Å². The second-order valence-corrected chi connectivity index (χ2v) is 6.68. The van der Waals surface area contributed by atoms with Gasteiger partial charge in [0, 0.05) is 25.5 Å². The molecule has 8 heteroatoms. The van der Waals surface area contributed by atoms with E-state index in [1.807, 2.05) is 0 Å². The molecule has 2 N–H and O–H groups in total. The first-order chi connectivity index (χ1) is 8.89. The number of rotatable bonds is 6. The Balaban J connectivity index is 2.62. The number of carbonyl (C=O) groups is 1. The number of nitrogens with zero attached hydrogens (tertiary/aromatic N) is 1. The predicted octanol–water partition coefficient (Wildman–Crippen LogP) is 0.941. The zero-order chi connectivity index (χ0) is 14.5. The van der Waals surface area contributed by atoms with Gasteiger partial charge in [-0.15, -0.1) is 0 Å². The van der Waals surface area contributed by atoms with E-state index >= 15 is 0 Å². The van der Waals surface area contributed by atoms with Crippen LogP contribution in [-0.4, -0.2) is 44.4 Å². The average molecular weight is 306 g/mol. The SMILES string of the molecule is CCS(=O)(=O)CCNC(=O)c1cnc(NC)c(Cl)c1. The number of aromatic nitrogens is 1. The van der Waals surface area contributed by atoms with Crippen molar-refractivity contribution in [3.63, 3.8) is 0 Å².